The summed E-state index contributed by atoms with van der Waals surface area (Å²) in [4.78, 5) is 25.1. The van der Waals surface area contributed by atoms with E-state index in [4.69, 9.17) is 14.2 Å². The summed E-state index contributed by atoms with van der Waals surface area (Å²) in [6.45, 7) is 4.26. The molecule has 7 atom stereocenters. The number of unbranched alkanes of at least 4 members (excludes halogenated alkanes) is 34. The summed E-state index contributed by atoms with van der Waals surface area (Å²) in [6, 6.07) is -0.837. The molecular weight excluding hydrogens is 1010 g/mol. The van der Waals surface area contributed by atoms with Crippen LogP contribution in [0.4, 0.5) is 0 Å². The average molecular weight is 1140 g/mol. The van der Waals surface area contributed by atoms with E-state index in [0.717, 1.165) is 77.0 Å². The number of aliphatic hydroxyl groups is 5. The van der Waals surface area contributed by atoms with Gasteiger partial charge in [0.05, 0.1) is 32.0 Å². The van der Waals surface area contributed by atoms with Crippen LogP contribution in [0.15, 0.2) is 72.9 Å². The second-order valence-corrected chi connectivity index (χ2v) is 23.1. The Balaban J connectivity index is 2.02. The molecule has 1 saturated heterocycles. The Morgan fingerprint density at radius 1 is 0.457 bits per heavy atom. The number of hydrogen-bond acceptors (Lipinski definition) is 10. The van der Waals surface area contributed by atoms with Gasteiger partial charge in [0, 0.05) is 12.8 Å². The quantitative estimate of drug-likeness (QED) is 0.0195. The van der Waals surface area contributed by atoms with E-state index in [1.54, 1.807) is 6.08 Å². The summed E-state index contributed by atoms with van der Waals surface area (Å²) in [5.41, 5.74) is 0. The molecule has 0 aromatic rings. The van der Waals surface area contributed by atoms with Crippen LogP contribution < -0.4 is 5.32 Å². The molecule has 1 amide bonds. The van der Waals surface area contributed by atoms with Crippen LogP contribution in [0, 0.1) is 0 Å². The number of aliphatic hydroxyl groups excluding tert-OH is 5. The molecule has 0 bridgehead atoms. The summed E-state index contributed by atoms with van der Waals surface area (Å²) in [7, 11) is 0. The SMILES string of the molecule is CCCC/C=C\CCCCCCCC(=O)OCCCCCCCCCCC/C=C\C/C=C\CCCCCCCCCCCCCCCC(=O)NC(COC1OC(CO)C(O)C(O)C1O)C(O)/C=C/CC/C=C/CC/C=C/CCCCC. The smallest absolute Gasteiger partial charge is 0.305 e. The minimum Gasteiger partial charge on any atom is -0.466 e. The summed E-state index contributed by atoms with van der Waals surface area (Å²) in [5, 5.41) is 54.4. The van der Waals surface area contributed by atoms with Gasteiger partial charge in [-0.25, -0.2) is 0 Å². The van der Waals surface area contributed by atoms with Crippen LogP contribution in [0.1, 0.15) is 296 Å². The van der Waals surface area contributed by atoms with Crippen molar-refractivity contribution in [1.29, 1.82) is 0 Å². The topological polar surface area (TPSA) is 175 Å². The Labute approximate surface area is 496 Å². The van der Waals surface area contributed by atoms with Gasteiger partial charge in [0.2, 0.25) is 5.91 Å². The van der Waals surface area contributed by atoms with Crippen LogP contribution >= 0.6 is 0 Å². The predicted molar refractivity (Wildman–Crippen MR) is 338 cm³/mol. The Kier molecular flexibility index (Phi) is 55.3. The average Bonchev–Trinajstić information content (AvgIpc) is 3.54. The second kappa shape index (κ2) is 58.9. The van der Waals surface area contributed by atoms with E-state index in [9.17, 15) is 35.1 Å². The van der Waals surface area contributed by atoms with E-state index in [0.29, 0.717) is 19.4 Å². The van der Waals surface area contributed by atoms with Gasteiger partial charge in [0.1, 0.15) is 24.4 Å². The lowest BCUT2D eigenvalue weighted by atomic mass is 9.99. The number of rotatable bonds is 58. The Morgan fingerprint density at radius 3 is 1.33 bits per heavy atom. The van der Waals surface area contributed by atoms with Crippen molar-refractivity contribution in [2.24, 2.45) is 0 Å². The third-order valence-electron chi connectivity index (χ3n) is 15.5. The van der Waals surface area contributed by atoms with Crippen molar-refractivity contribution in [2.45, 2.75) is 339 Å². The second-order valence-electron chi connectivity index (χ2n) is 23.1. The highest BCUT2D eigenvalue weighted by molar-refractivity contribution is 5.76. The molecule has 470 valence electrons. The maximum Gasteiger partial charge on any atom is 0.305 e. The highest BCUT2D eigenvalue weighted by Crippen LogP contribution is 2.23. The van der Waals surface area contributed by atoms with Crippen LogP contribution in [-0.4, -0.2) is 100 Å². The molecule has 1 heterocycles. The van der Waals surface area contributed by atoms with E-state index in [1.807, 2.05) is 6.08 Å². The molecule has 11 heteroatoms. The van der Waals surface area contributed by atoms with Gasteiger partial charge in [-0.05, 0) is 109 Å². The highest BCUT2D eigenvalue weighted by Gasteiger charge is 2.44. The largest absolute Gasteiger partial charge is 0.466 e. The van der Waals surface area contributed by atoms with Gasteiger partial charge in [-0.15, -0.1) is 0 Å². The van der Waals surface area contributed by atoms with Gasteiger partial charge in [-0.1, -0.05) is 247 Å². The van der Waals surface area contributed by atoms with E-state index in [1.165, 1.54) is 193 Å². The van der Waals surface area contributed by atoms with Crippen LogP contribution in [0.2, 0.25) is 0 Å². The van der Waals surface area contributed by atoms with Gasteiger partial charge in [0.25, 0.3) is 0 Å². The van der Waals surface area contributed by atoms with Crippen molar-refractivity contribution < 1.29 is 49.3 Å². The predicted octanol–water partition coefficient (Wildman–Crippen LogP) is 16.7. The molecule has 6 N–H and O–H groups in total. The zero-order valence-corrected chi connectivity index (χ0v) is 52.0. The first kappa shape index (κ1) is 76.1. The molecule has 0 aromatic carbocycles. The standard InChI is InChI=1S/C70H125NO10/c1-3-5-7-9-11-13-15-33-37-40-44-48-52-56-63(73)62(61-80-70-69(78)68(77)67(76)64(60-72)81-70)71-65(74)57-53-49-45-41-38-34-31-29-27-25-23-21-19-17-16-18-20-22-24-26-28-30-32-35-39-43-47-51-55-59-79-66(75)58-54-50-46-42-36-14-12-10-8-6-4-2/h10-13,16,18,22,24,37,40,52,56,62-64,67-70,72-73,76-78H,3-9,14-15,17,19-21,23,25-36,38-39,41-51,53-55,57-61H2,1-2H3,(H,71,74)/b12-10-,13-11+,18-16-,24-22-,40-37+,56-52+. The maximum absolute atomic E-state index is 13.0. The van der Waals surface area contributed by atoms with Crippen LogP contribution in [-0.2, 0) is 23.8 Å². The molecule has 7 unspecified atom stereocenters. The van der Waals surface area contributed by atoms with Crippen LogP contribution in [0.25, 0.3) is 0 Å². The normalized spacial score (nSPS) is 18.7. The Morgan fingerprint density at radius 2 is 0.852 bits per heavy atom. The summed E-state index contributed by atoms with van der Waals surface area (Å²) in [5.74, 6) is -0.207. The number of ether oxygens (including phenoxy) is 3. The molecule has 11 nitrogen and oxygen atoms in total. The molecule has 1 rings (SSSR count). The molecule has 0 aromatic heterocycles. The fraction of sp³-hybridized carbons (Fsp3) is 0.800. The molecule has 0 spiro atoms. The van der Waals surface area contributed by atoms with Crippen LogP contribution in [0.5, 0.6) is 0 Å². The summed E-state index contributed by atoms with van der Waals surface area (Å²) in [6.07, 6.45) is 68.8. The molecule has 81 heavy (non-hydrogen) atoms. The lowest BCUT2D eigenvalue weighted by Gasteiger charge is -2.40. The monoisotopic (exact) mass is 1140 g/mol. The Hall–Kier alpha value is -2.90. The number of carbonyl (C=O) groups is 2. The summed E-state index contributed by atoms with van der Waals surface area (Å²) >= 11 is 0. The molecule has 0 saturated carbocycles. The third-order valence-corrected chi connectivity index (χ3v) is 15.5. The fourth-order valence-corrected chi connectivity index (χ4v) is 10.1. The van der Waals surface area contributed by atoms with Gasteiger partial charge in [-0.2, -0.15) is 0 Å². The first-order valence-corrected chi connectivity index (χ1v) is 33.7. The third kappa shape index (κ3) is 48.1. The van der Waals surface area contributed by atoms with Crippen molar-refractivity contribution in [1.82, 2.24) is 5.32 Å². The van der Waals surface area contributed by atoms with Crippen molar-refractivity contribution >= 4 is 11.9 Å². The molecule has 1 aliphatic rings. The van der Waals surface area contributed by atoms with E-state index < -0.39 is 49.5 Å². The van der Waals surface area contributed by atoms with Crippen molar-refractivity contribution in [3.05, 3.63) is 72.9 Å². The van der Waals surface area contributed by atoms with Gasteiger partial charge < -0.3 is 45.1 Å². The van der Waals surface area contributed by atoms with Crippen molar-refractivity contribution in [2.75, 3.05) is 19.8 Å². The zero-order chi connectivity index (χ0) is 58.7. The Bertz CT molecular complexity index is 1580. The molecular formula is C70H125NO10. The lowest BCUT2D eigenvalue weighted by Crippen LogP contribution is -2.60. The number of nitrogens with one attached hydrogen (secondary N) is 1. The van der Waals surface area contributed by atoms with E-state index >= 15 is 0 Å². The van der Waals surface area contributed by atoms with Crippen LogP contribution in [0.3, 0.4) is 0 Å². The molecule has 1 aliphatic heterocycles. The lowest BCUT2D eigenvalue weighted by molar-refractivity contribution is -0.302. The highest BCUT2D eigenvalue weighted by atomic mass is 16.7. The molecule has 1 fully saturated rings. The van der Waals surface area contributed by atoms with Crippen molar-refractivity contribution in [3.8, 4) is 0 Å². The van der Waals surface area contributed by atoms with E-state index in [-0.39, 0.29) is 18.5 Å². The van der Waals surface area contributed by atoms with Gasteiger partial charge >= 0.3 is 5.97 Å². The van der Waals surface area contributed by atoms with Gasteiger partial charge in [-0.3, -0.25) is 9.59 Å². The summed E-state index contributed by atoms with van der Waals surface area (Å²) < 4.78 is 16.7. The zero-order valence-electron chi connectivity index (χ0n) is 52.0. The molecule has 0 radical (unpaired) electrons. The first-order valence-electron chi connectivity index (χ1n) is 33.7. The fourth-order valence-electron chi connectivity index (χ4n) is 10.1. The minimum absolute atomic E-state index is 0.00897. The van der Waals surface area contributed by atoms with E-state index in [2.05, 4.69) is 79.9 Å². The minimum atomic E-state index is -1.58. The van der Waals surface area contributed by atoms with Gasteiger partial charge in [0.15, 0.2) is 6.29 Å². The van der Waals surface area contributed by atoms with Crippen molar-refractivity contribution in [3.63, 3.8) is 0 Å². The number of carbonyl (C=O) groups excluding carboxylic acids is 2. The number of amides is 1. The number of hydrogen-bond donors (Lipinski definition) is 6. The first-order chi connectivity index (χ1) is 39.7. The maximum atomic E-state index is 13.0. The molecule has 0 aliphatic carbocycles. The number of allylic oxidation sites excluding steroid dienone is 11. The number of esters is 1.